The Hall–Kier alpha value is -3.17. The number of oxazole rings is 1. The van der Waals surface area contributed by atoms with Crippen LogP contribution in [-0.4, -0.2) is 48.6 Å². The molecule has 1 aromatic heterocycles. The third kappa shape index (κ3) is 6.00. The van der Waals surface area contributed by atoms with E-state index in [-0.39, 0.29) is 24.9 Å². The molecule has 0 saturated carbocycles. The summed E-state index contributed by atoms with van der Waals surface area (Å²) in [6, 6.07) is 14.2. The van der Waals surface area contributed by atoms with Crippen molar-refractivity contribution in [3.63, 3.8) is 0 Å². The molecule has 1 unspecified atom stereocenters. The van der Waals surface area contributed by atoms with Crippen molar-refractivity contribution in [3.8, 4) is 11.5 Å². The standard InChI is InChI=1S/C24H24F3N3O3/c25-24(26,27)19-8-6-17(7-9-19)21(30-10-12-32-13-11-30)15-28-22(31)14-20-16-33-23(29-20)18-4-2-1-3-5-18/h1-9,16,21H,10-15H2,(H,28,31). The number of hydrogen-bond donors (Lipinski definition) is 1. The average Bonchev–Trinajstić information content (AvgIpc) is 3.29. The number of rotatable bonds is 7. The summed E-state index contributed by atoms with van der Waals surface area (Å²) in [4.78, 5) is 19.1. The summed E-state index contributed by atoms with van der Waals surface area (Å²) in [7, 11) is 0. The van der Waals surface area contributed by atoms with Gasteiger partial charge >= 0.3 is 6.18 Å². The van der Waals surface area contributed by atoms with Gasteiger partial charge in [-0.1, -0.05) is 30.3 Å². The third-order valence-electron chi connectivity index (χ3n) is 5.52. The van der Waals surface area contributed by atoms with Crippen molar-refractivity contribution in [2.45, 2.75) is 18.6 Å². The molecule has 1 N–H and O–H groups in total. The molecule has 2 heterocycles. The van der Waals surface area contributed by atoms with Gasteiger partial charge in [-0.3, -0.25) is 9.69 Å². The van der Waals surface area contributed by atoms with Gasteiger partial charge < -0.3 is 14.5 Å². The van der Waals surface area contributed by atoms with Gasteiger partial charge in [0.05, 0.1) is 36.9 Å². The predicted molar refractivity (Wildman–Crippen MR) is 115 cm³/mol. The molecule has 0 bridgehead atoms. The first-order valence-electron chi connectivity index (χ1n) is 10.7. The van der Waals surface area contributed by atoms with Crippen LogP contribution in [0.1, 0.15) is 22.9 Å². The monoisotopic (exact) mass is 459 g/mol. The molecule has 0 aliphatic carbocycles. The van der Waals surface area contributed by atoms with E-state index in [0.717, 1.165) is 17.7 Å². The smallest absolute Gasteiger partial charge is 0.416 e. The molecular formula is C24H24F3N3O3. The number of halogens is 3. The van der Waals surface area contributed by atoms with Crippen LogP contribution in [-0.2, 0) is 22.1 Å². The Kier molecular flexibility index (Phi) is 7.10. The molecule has 1 amide bonds. The maximum absolute atomic E-state index is 12.9. The van der Waals surface area contributed by atoms with E-state index in [9.17, 15) is 18.0 Å². The van der Waals surface area contributed by atoms with Crippen molar-refractivity contribution in [3.05, 3.63) is 77.7 Å². The molecule has 1 saturated heterocycles. The largest absolute Gasteiger partial charge is 0.444 e. The van der Waals surface area contributed by atoms with Gasteiger partial charge in [-0.2, -0.15) is 13.2 Å². The van der Waals surface area contributed by atoms with E-state index in [1.165, 1.54) is 18.4 Å². The molecule has 0 radical (unpaired) electrons. The van der Waals surface area contributed by atoms with E-state index in [2.05, 4.69) is 15.2 Å². The Balaban J connectivity index is 1.41. The van der Waals surface area contributed by atoms with Crippen LogP contribution >= 0.6 is 0 Å². The first-order valence-corrected chi connectivity index (χ1v) is 10.7. The molecule has 4 rings (SSSR count). The van der Waals surface area contributed by atoms with Crippen LogP contribution in [0, 0.1) is 0 Å². The molecule has 174 valence electrons. The lowest BCUT2D eigenvalue weighted by Crippen LogP contribution is -2.44. The van der Waals surface area contributed by atoms with Crippen molar-refractivity contribution in [2.75, 3.05) is 32.8 Å². The fourth-order valence-electron chi connectivity index (χ4n) is 3.78. The first kappa shape index (κ1) is 23.0. The Labute approximate surface area is 189 Å². The number of alkyl halides is 3. The minimum Gasteiger partial charge on any atom is -0.444 e. The van der Waals surface area contributed by atoms with Crippen LogP contribution in [0.3, 0.4) is 0 Å². The minimum absolute atomic E-state index is 0.0408. The van der Waals surface area contributed by atoms with Gasteiger partial charge in [0.15, 0.2) is 0 Å². The van der Waals surface area contributed by atoms with Gasteiger partial charge in [0, 0.05) is 25.2 Å². The molecule has 2 aromatic carbocycles. The SMILES string of the molecule is O=C(Cc1coc(-c2ccccc2)n1)NCC(c1ccc(C(F)(F)F)cc1)N1CCOCC1. The number of hydrogen-bond acceptors (Lipinski definition) is 5. The van der Waals surface area contributed by atoms with E-state index in [1.807, 2.05) is 30.3 Å². The summed E-state index contributed by atoms with van der Waals surface area (Å²) in [5.74, 6) is 0.197. The topological polar surface area (TPSA) is 67.6 Å². The average molecular weight is 459 g/mol. The van der Waals surface area contributed by atoms with Gasteiger partial charge in [0.25, 0.3) is 0 Å². The lowest BCUT2D eigenvalue weighted by Gasteiger charge is -2.35. The number of aromatic nitrogens is 1. The number of nitrogens with one attached hydrogen (secondary N) is 1. The molecule has 6 nitrogen and oxygen atoms in total. The highest BCUT2D eigenvalue weighted by molar-refractivity contribution is 5.78. The Bertz CT molecular complexity index is 1050. The zero-order valence-electron chi connectivity index (χ0n) is 17.8. The van der Waals surface area contributed by atoms with Gasteiger partial charge in [0.2, 0.25) is 11.8 Å². The van der Waals surface area contributed by atoms with Crippen LogP contribution in [0.4, 0.5) is 13.2 Å². The summed E-state index contributed by atoms with van der Waals surface area (Å²) in [6.45, 7) is 2.59. The lowest BCUT2D eigenvalue weighted by atomic mass is 10.0. The number of nitrogens with zero attached hydrogens (tertiary/aromatic N) is 2. The van der Waals surface area contributed by atoms with Crippen LogP contribution in [0.2, 0.25) is 0 Å². The number of amides is 1. The Morgan fingerprint density at radius 1 is 1.06 bits per heavy atom. The fourth-order valence-corrected chi connectivity index (χ4v) is 3.78. The summed E-state index contributed by atoms with van der Waals surface area (Å²) in [5.41, 5.74) is 1.33. The summed E-state index contributed by atoms with van der Waals surface area (Å²) < 4.78 is 49.7. The van der Waals surface area contributed by atoms with Crippen molar-refractivity contribution >= 4 is 5.91 Å². The van der Waals surface area contributed by atoms with Crippen molar-refractivity contribution < 1.29 is 27.1 Å². The molecule has 1 fully saturated rings. The van der Waals surface area contributed by atoms with Crippen LogP contribution in [0.25, 0.3) is 11.5 Å². The van der Waals surface area contributed by atoms with Gasteiger partial charge in [0.1, 0.15) is 6.26 Å². The van der Waals surface area contributed by atoms with Crippen LogP contribution < -0.4 is 5.32 Å². The van der Waals surface area contributed by atoms with Crippen molar-refractivity contribution in [1.82, 2.24) is 15.2 Å². The number of ether oxygens (including phenoxy) is 1. The predicted octanol–water partition coefficient (Wildman–Crippen LogP) is 4.09. The van der Waals surface area contributed by atoms with Gasteiger partial charge in [-0.05, 0) is 29.8 Å². The quantitative estimate of drug-likeness (QED) is 0.577. The minimum atomic E-state index is -4.39. The molecule has 9 heteroatoms. The maximum atomic E-state index is 12.9. The number of morpholine rings is 1. The van der Waals surface area contributed by atoms with E-state index in [0.29, 0.717) is 43.5 Å². The van der Waals surface area contributed by atoms with E-state index in [1.54, 1.807) is 0 Å². The van der Waals surface area contributed by atoms with Crippen LogP contribution in [0.5, 0.6) is 0 Å². The highest BCUT2D eigenvalue weighted by Crippen LogP contribution is 2.31. The summed E-state index contributed by atoms with van der Waals surface area (Å²) >= 11 is 0. The Morgan fingerprint density at radius 2 is 1.76 bits per heavy atom. The molecule has 33 heavy (non-hydrogen) atoms. The molecule has 0 spiro atoms. The lowest BCUT2D eigenvalue weighted by molar-refractivity contribution is -0.137. The number of carbonyl (C=O) groups excluding carboxylic acids is 1. The van der Waals surface area contributed by atoms with Gasteiger partial charge in [-0.25, -0.2) is 4.98 Å². The number of benzene rings is 2. The second-order valence-electron chi connectivity index (χ2n) is 7.77. The summed E-state index contributed by atoms with van der Waals surface area (Å²) in [5, 5.41) is 2.90. The molecule has 1 aliphatic rings. The highest BCUT2D eigenvalue weighted by atomic mass is 19.4. The molecular weight excluding hydrogens is 435 g/mol. The van der Waals surface area contributed by atoms with Crippen molar-refractivity contribution in [1.29, 1.82) is 0 Å². The van der Waals surface area contributed by atoms with E-state index < -0.39 is 11.7 Å². The zero-order valence-corrected chi connectivity index (χ0v) is 17.8. The third-order valence-corrected chi connectivity index (χ3v) is 5.52. The molecule has 1 aliphatic heterocycles. The number of carbonyl (C=O) groups is 1. The van der Waals surface area contributed by atoms with Gasteiger partial charge in [-0.15, -0.1) is 0 Å². The highest BCUT2D eigenvalue weighted by Gasteiger charge is 2.31. The first-order chi connectivity index (χ1) is 15.9. The second kappa shape index (κ2) is 10.2. The van der Waals surface area contributed by atoms with Crippen LogP contribution in [0.15, 0.2) is 65.3 Å². The second-order valence-corrected chi connectivity index (χ2v) is 7.77. The molecule has 3 aromatic rings. The fraction of sp³-hybridized carbons (Fsp3) is 0.333. The Morgan fingerprint density at radius 3 is 2.42 bits per heavy atom. The summed E-state index contributed by atoms with van der Waals surface area (Å²) in [6.07, 6.45) is -2.90. The van der Waals surface area contributed by atoms with Crippen molar-refractivity contribution in [2.24, 2.45) is 0 Å². The van der Waals surface area contributed by atoms with E-state index >= 15 is 0 Å². The maximum Gasteiger partial charge on any atom is 0.416 e. The normalized spacial score (nSPS) is 15.8. The zero-order chi connectivity index (χ0) is 23.3. The van der Waals surface area contributed by atoms with E-state index in [4.69, 9.17) is 9.15 Å². The molecule has 1 atom stereocenters.